The Morgan fingerprint density at radius 3 is 2.37 bits per heavy atom. The van der Waals surface area contributed by atoms with Crippen LogP contribution in [0.15, 0.2) is 41.0 Å². The van der Waals surface area contributed by atoms with Crippen LogP contribution in [0.25, 0.3) is 17.3 Å². The lowest BCUT2D eigenvalue weighted by Crippen LogP contribution is -2.21. The summed E-state index contributed by atoms with van der Waals surface area (Å²) in [7, 11) is 0.167. The van der Waals surface area contributed by atoms with E-state index in [-0.39, 0.29) is 18.2 Å². The van der Waals surface area contributed by atoms with Crippen LogP contribution in [-0.2, 0) is 19.6 Å². The average molecular weight is 436 g/mol. The van der Waals surface area contributed by atoms with E-state index in [1.165, 1.54) is 32.2 Å². The van der Waals surface area contributed by atoms with Gasteiger partial charge in [-0.05, 0) is 24.3 Å². The summed E-state index contributed by atoms with van der Waals surface area (Å²) >= 11 is 0. The first-order valence-electron chi connectivity index (χ1n) is 8.68. The number of para-hydroxylation sites is 1. The van der Waals surface area contributed by atoms with Crippen molar-refractivity contribution in [1.29, 1.82) is 0 Å². The Morgan fingerprint density at radius 2 is 1.80 bits per heavy atom. The number of nitrogens with zero attached hydrogens (tertiary/aromatic N) is 3. The van der Waals surface area contributed by atoms with Crippen LogP contribution in [0.2, 0.25) is 0 Å². The summed E-state index contributed by atoms with van der Waals surface area (Å²) in [4.78, 5) is 11.3. The zero-order valence-corrected chi connectivity index (χ0v) is 17.3. The Hall–Kier alpha value is -3.54. The number of nitrogens with one attached hydrogen (secondary N) is 1. The topological polar surface area (TPSA) is 135 Å². The fourth-order valence-corrected chi connectivity index (χ4v) is 3.64. The lowest BCUT2D eigenvalue weighted by atomic mass is 10.2. The molecular weight excluding hydrogens is 416 g/mol. The molecule has 30 heavy (non-hydrogen) atoms. The zero-order chi connectivity index (χ0) is 21.7. The number of rotatable bonds is 9. The Morgan fingerprint density at radius 1 is 1.10 bits per heavy atom. The second-order valence-electron chi connectivity index (χ2n) is 5.92. The van der Waals surface area contributed by atoms with E-state index < -0.39 is 21.7 Å². The van der Waals surface area contributed by atoms with E-state index >= 15 is 0 Å². The third kappa shape index (κ3) is 4.38. The lowest BCUT2D eigenvalue weighted by molar-refractivity contribution is -0.140. The number of furan rings is 1. The van der Waals surface area contributed by atoms with Gasteiger partial charge < -0.3 is 18.6 Å². The van der Waals surface area contributed by atoms with E-state index in [1.54, 1.807) is 30.3 Å². The molecule has 0 aliphatic rings. The van der Waals surface area contributed by atoms with Crippen molar-refractivity contribution in [3.63, 3.8) is 0 Å². The van der Waals surface area contributed by atoms with Crippen LogP contribution in [0, 0.1) is 0 Å². The summed E-state index contributed by atoms with van der Waals surface area (Å²) < 4.78 is 49.6. The molecule has 0 aliphatic heterocycles. The smallest absolute Gasteiger partial charge is 0.306 e. The number of hydrogen-bond donors (Lipinski definition) is 1. The van der Waals surface area contributed by atoms with Gasteiger partial charge in [0.05, 0.1) is 39.8 Å². The highest BCUT2D eigenvalue weighted by Gasteiger charge is 2.26. The number of anilines is 1. The van der Waals surface area contributed by atoms with Crippen molar-refractivity contribution in [3.05, 3.63) is 36.6 Å². The van der Waals surface area contributed by atoms with E-state index in [4.69, 9.17) is 13.9 Å². The summed E-state index contributed by atoms with van der Waals surface area (Å²) in [5.41, 5.74) is 0.365. The quantitative estimate of drug-likeness (QED) is 0.499. The van der Waals surface area contributed by atoms with E-state index in [1.807, 2.05) is 0 Å². The molecule has 0 amide bonds. The molecule has 3 rings (SSSR count). The molecular formula is C18H20N4O7S. The molecule has 0 saturated heterocycles. The number of carbonyl (C=O) groups is 1. The monoisotopic (exact) mass is 436 g/mol. The standard InChI is InChI=1S/C18H20N4O7S/c1-26-12-6-4-7-13(27-2)16(12)22-17(14-8-5-10-29-14)19-20-18(22)21-30(24,25)11-9-15(23)28-3/h4-8,10H,9,11H2,1-3H3,(H,20,21). The van der Waals surface area contributed by atoms with Crippen molar-refractivity contribution in [3.8, 4) is 28.8 Å². The predicted molar refractivity (Wildman–Crippen MR) is 106 cm³/mol. The summed E-state index contributed by atoms with van der Waals surface area (Å²) in [6.07, 6.45) is 1.14. The van der Waals surface area contributed by atoms with Crippen molar-refractivity contribution in [2.45, 2.75) is 6.42 Å². The molecule has 2 aromatic heterocycles. The number of carbonyl (C=O) groups excluding carboxylic acids is 1. The molecule has 2 heterocycles. The highest BCUT2D eigenvalue weighted by Crippen LogP contribution is 2.37. The van der Waals surface area contributed by atoms with Gasteiger partial charge in [0.1, 0.15) is 17.2 Å². The lowest BCUT2D eigenvalue weighted by Gasteiger charge is -2.17. The van der Waals surface area contributed by atoms with Gasteiger partial charge in [-0.3, -0.25) is 14.1 Å². The SMILES string of the molecule is COC(=O)CCS(=O)(=O)Nc1nnc(-c2ccco2)n1-c1c(OC)cccc1OC. The molecule has 1 N–H and O–H groups in total. The Kier molecular flexibility index (Phi) is 6.26. The third-order valence-electron chi connectivity index (χ3n) is 4.08. The van der Waals surface area contributed by atoms with Crippen LogP contribution in [0.3, 0.4) is 0 Å². The van der Waals surface area contributed by atoms with Crippen LogP contribution < -0.4 is 14.2 Å². The molecule has 0 saturated carbocycles. The summed E-state index contributed by atoms with van der Waals surface area (Å²) in [5.74, 6) is 0.0579. The van der Waals surface area contributed by atoms with E-state index in [0.717, 1.165) is 0 Å². The molecule has 0 aliphatic carbocycles. The summed E-state index contributed by atoms with van der Waals surface area (Å²) in [6.45, 7) is 0. The van der Waals surface area contributed by atoms with Crippen molar-refractivity contribution in [1.82, 2.24) is 14.8 Å². The van der Waals surface area contributed by atoms with Gasteiger partial charge in [0.2, 0.25) is 21.8 Å². The molecule has 0 spiro atoms. The first-order valence-corrected chi connectivity index (χ1v) is 10.3. The third-order valence-corrected chi connectivity index (χ3v) is 5.31. The average Bonchev–Trinajstić information content (AvgIpc) is 3.40. The highest BCUT2D eigenvalue weighted by molar-refractivity contribution is 7.92. The Balaban J connectivity index is 2.13. The van der Waals surface area contributed by atoms with Crippen LogP contribution >= 0.6 is 0 Å². The molecule has 0 unspecified atom stereocenters. The van der Waals surface area contributed by atoms with Crippen molar-refractivity contribution in [2.24, 2.45) is 0 Å². The molecule has 11 nitrogen and oxygen atoms in total. The number of methoxy groups -OCH3 is 3. The van der Waals surface area contributed by atoms with Gasteiger partial charge in [0, 0.05) is 0 Å². The van der Waals surface area contributed by atoms with Crippen LogP contribution in [0.5, 0.6) is 11.5 Å². The molecule has 3 aromatic rings. The molecule has 0 bridgehead atoms. The second-order valence-corrected chi connectivity index (χ2v) is 7.76. The number of aromatic nitrogens is 3. The number of esters is 1. The molecule has 0 fully saturated rings. The summed E-state index contributed by atoms with van der Waals surface area (Å²) in [5, 5.41) is 8.04. The zero-order valence-electron chi connectivity index (χ0n) is 16.5. The maximum absolute atomic E-state index is 12.5. The highest BCUT2D eigenvalue weighted by atomic mass is 32.2. The van der Waals surface area contributed by atoms with E-state index in [0.29, 0.717) is 22.9 Å². The van der Waals surface area contributed by atoms with Crippen molar-refractivity contribution >= 4 is 21.9 Å². The minimum absolute atomic E-state index is 0.130. The van der Waals surface area contributed by atoms with Crippen molar-refractivity contribution in [2.75, 3.05) is 31.8 Å². The van der Waals surface area contributed by atoms with Crippen LogP contribution in [0.1, 0.15) is 6.42 Å². The van der Waals surface area contributed by atoms with Gasteiger partial charge in [-0.25, -0.2) is 8.42 Å². The van der Waals surface area contributed by atoms with E-state index in [9.17, 15) is 13.2 Å². The fraction of sp³-hybridized carbons (Fsp3) is 0.278. The number of ether oxygens (including phenoxy) is 3. The Bertz CT molecular complexity index is 1100. The molecule has 0 radical (unpaired) electrons. The maximum Gasteiger partial charge on any atom is 0.306 e. The van der Waals surface area contributed by atoms with Gasteiger partial charge in [-0.15, -0.1) is 10.2 Å². The number of hydrogen-bond acceptors (Lipinski definition) is 9. The predicted octanol–water partition coefficient (Wildman–Crippen LogP) is 1.85. The minimum atomic E-state index is -3.95. The molecule has 1 aromatic carbocycles. The first-order chi connectivity index (χ1) is 14.4. The van der Waals surface area contributed by atoms with E-state index in [2.05, 4.69) is 19.7 Å². The van der Waals surface area contributed by atoms with Crippen LogP contribution in [-0.4, -0.2) is 56.2 Å². The number of sulfonamides is 1. The van der Waals surface area contributed by atoms with Gasteiger partial charge in [0.25, 0.3) is 0 Å². The fourth-order valence-electron chi connectivity index (χ4n) is 2.69. The Labute approximate surface area is 172 Å². The van der Waals surface area contributed by atoms with Crippen molar-refractivity contribution < 1.29 is 31.8 Å². The molecule has 0 atom stereocenters. The van der Waals surface area contributed by atoms with Crippen LogP contribution in [0.4, 0.5) is 5.95 Å². The molecule has 160 valence electrons. The summed E-state index contributed by atoms with van der Waals surface area (Å²) in [6, 6.07) is 8.39. The van der Waals surface area contributed by atoms with Gasteiger partial charge in [-0.2, -0.15) is 0 Å². The number of benzene rings is 1. The van der Waals surface area contributed by atoms with Gasteiger partial charge in [0.15, 0.2) is 5.76 Å². The largest absolute Gasteiger partial charge is 0.494 e. The second kappa shape index (κ2) is 8.86. The minimum Gasteiger partial charge on any atom is -0.494 e. The van der Waals surface area contributed by atoms with Gasteiger partial charge >= 0.3 is 5.97 Å². The first kappa shape index (κ1) is 21.2. The normalized spacial score (nSPS) is 11.2. The van der Waals surface area contributed by atoms with Gasteiger partial charge in [-0.1, -0.05) is 6.07 Å². The molecule has 12 heteroatoms. The maximum atomic E-state index is 12.5.